The summed E-state index contributed by atoms with van der Waals surface area (Å²) in [6, 6.07) is 0. The highest BCUT2D eigenvalue weighted by Gasteiger charge is 2.49. The summed E-state index contributed by atoms with van der Waals surface area (Å²) in [5, 5.41) is 0. The largest absolute Gasteiger partial charge is 0.342 e. The second-order valence-corrected chi connectivity index (χ2v) is 7.62. The molecular weight excluding hydrogens is 259 g/mol. The molecule has 0 N–H and O–H groups in total. The Balaban J connectivity index is 1.77. The van der Waals surface area contributed by atoms with Gasteiger partial charge in [0.25, 0.3) is 0 Å². The van der Waals surface area contributed by atoms with E-state index in [0.717, 1.165) is 0 Å². The van der Waals surface area contributed by atoms with Gasteiger partial charge in [0.05, 0.1) is 6.61 Å². The van der Waals surface area contributed by atoms with Gasteiger partial charge in [0.15, 0.2) is 18.4 Å². The second-order valence-electron chi connectivity index (χ2n) is 5.07. The van der Waals surface area contributed by atoms with Crippen LogP contribution in [-0.4, -0.2) is 44.1 Å². The zero-order chi connectivity index (χ0) is 13.4. The van der Waals surface area contributed by atoms with Crippen LogP contribution in [-0.2, 0) is 28.0 Å². The molecule has 0 spiro atoms. The number of fused-ring (bicyclic) bond motifs is 1. The zero-order valence-electron chi connectivity index (χ0n) is 11.3. The van der Waals surface area contributed by atoms with E-state index in [1.54, 1.807) is 13.6 Å². The van der Waals surface area contributed by atoms with Gasteiger partial charge in [0, 0.05) is 13.1 Å². The standard InChI is InChI=1S/C11H21O6P/c1-5-14-18(4,12)7-13-9-6-8-10(15-9)17-11(2,3)16-8/h8-10H,5-7H2,1-4H3/t8?,9-,10-,18?/m0/s1. The summed E-state index contributed by atoms with van der Waals surface area (Å²) in [4.78, 5) is 0. The van der Waals surface area contributed by atoms with E-state index in [4.69, 9.17) is 23.5 Å². The lowest BCUT2D eigenvalue weighted by molar-refractivity contribution is -0.241. The highest BCUT2D eigenvalue weighted by atomic mass is 31.2. The Morgan fingerprint density at radius 1 is 1.39 bits per heavy atom. The van der Waals surface area contributed by atoms with Crippen molar-refractivity contribution in [3.05, 3.63) is 0 Å². The fourth-order valence-electron chi connectivity index (χ4n) is 2.11. The van der Waals surface area contributed by atoms with E-state index in [2.05, 4.69) is 0 Å². The predicted molar refractivity (Wildman–Crippen MR) is 64.4 cm³/mol. The van der Waals surface area contributed by atoms with E-state index in [1.807, 2.05) is 13.8 Å². The summed E-state index contributed by atoms with van der Waals surface area (Å²) in [5.74, 6) is -0.605. The lowest BCUT2D eigenvalue weighted by Gasteiger charge is -2.21. The minimum absolute atomic E-state index is 0.0499. The van der Waals surface area contributed by atoms with Crippen molar-refractivity contribution in [3.8, 4) is 0 Å². The van der Waals surface area contributed by atoms with Crippen LogP contribution in [0.4, 0.5) is 0 Å². The molecule has 2 rings (SSSR count). The van der Waals surface area contributed by atoms with Crippen LogP contribution in [0.1, 0.15) is 27.2 Å². The Kier molecular flexibility index (Phi) is 4.17. The van der Waals surface area contributed by atoms with Crippen LogP contribution in [0, 0.1) is 0 Å². The van der Waals surface area contributed by atoms with E-state index < -0.39 is 25.7 Å². The molecule has 0 aromatic rings. The Morgan fingerprint density at radius 3 is 2.72 bits per heavy atom. The molecule has 0 aliphatic carbocycles. The first kappa shape index (κ1) is 14.4. The SMILES string of the molecule is CCOP(C)(=O)CO[C@@H]1CC2OC(C)(C)O[C@@H]2O1. The van der Waals surface area contributed by atoms with E-state index in [-0.39, 0.29) is 12.5 Å². The van der Waals surface area contributed by atoms with Gasteiger partial charge >= 0.3 is 0 Å². The molecule has 0 aromatic carbocycles. The summed E-state index contributed by atoms with van der Waals surface area (Å²) in [7, 11) is -2.68. The molecule has 106 valence electrons. The van der Waals surface area contributed by atoms with Crippen LogP contribution in [0.5, 0.6) is 0 Å². The lowest BCUT2D eigenvalue weighted by atomic mass is 10.3. The molecule has 2 unspecified atom stereocenters. The van der Waals surface area contributed by atoms with Gasteiger partial charge in [-0.15, -0.1) is 0 Å². The lowest BCUT2D eigenvalue weighted by Crippen LogP contribution is -2.25. The third-order valence-electron chi connectivity index (χ3n) is 2.75. The van der Waals surface area contributed by atoms with Crippen molar-refractivity contribution in [3.63, 3.8) is 0 Å². The van der Waals surface area contributed by atoms with E-state index in [0.29, 0.717) is 13.0 Å². The van der Waals surface area contributed by atoms with Crippen molar-refractivity contribution in [1.29, 1.82) is 0 Å². The third kappa shape index (κ3) is 3.53. The van der Waals surface area contributed by atoms with Crippen LogP contribution in [0.2, 0.25) is 0 Å². The van der Waals surface area contributed by atoms with Crippen molar-refractivity contribution >= 4 is 7.37 Å². The number of hydrogen-bond donors (Lipinski definition) is 0. The average molecular weight is 280 g/mol. The maximum atomic E-state index is 11.9. The Bertz CT molecular complexity index is 328. The summed E-state index contributed by atoms with van der Waals surface area (Å²) in [6.45, 7) is 7.47. The average Bonchev–Trinajstić information content (AvgIpc) is 2.68. The maximum Gasteiger partial charge on any atom is 0.225 e. The summed E-state index contributed by atoms with van der Waals surface area (Å²) < 4.78 is 39.2. The van der Waals surface area contributed by atoms with E-state index >= 15 is 0 Å². The molecule has 2 aliphatic rings. The van der Waals surface area contributed by atoms with Crippen molar-refractivity contribution in [2.24, 2.45) is 0 Å². The molecule has 2 saturated heterocycles. The predicted octanol–water partition coefficient (Wildman–Crippen LogP) is 2.13. The minimum Gasteiger partial charge on any atom is -0.342 e. The summed E-state index contributed by atoms with van der Waals surface area (Å²) >= 11 is 0. The summed E-state index contributed by atoms with van der Waals surface area (Å²) in [5.41, 5.74) is 0. The van der Waals surface area contributed by atoms with E-state index in [9.17, 15) is 4.57 Å². The molecular formula is C11H21O6P. The maximum absolute atomic E-state index is 11.9. The quantitative estimate of drug-likeness (QED) is 0.719. The Labute approximate surface area is 107 Å². The minimum atomic E-state index is -2.68. The molecule has 0 aromatic heterocycles. The first-order chi connectivity index (χ1) is 8.31. The van der Waals surface area contributed by atoms with Crippen molar-refractivity contribution in [2.45, 2.75) is 51.7 Å². The van der Waals surface area contributed by atoms with Gasteiger partial charge in [-0.3, -0.25) is 4.57 Å². The van der Waals surface area contributed by atoms with E-state index in [1.165, 1.54) is 0 Å². The second kappa shape index (κ2) is 5.19. The van der Waals surface area contributed by atoms with Gasteiger partial charge in [-0.1, -0.05) is 0 Å². The first-order valence-corrected chi connectivity index (χ1v) is 8.41. The Hall–Kier alpha value is 0.0300. The summed E-state index contributed by atoms with van der Waals surface area (Å²) in [6.07, 6.45) is -0.319. The molecule has 2 fully saturated rings. The fourth-order valence-corrected chi connectivity index (χ4v) is 3.17. The van der Waals surface area contributed by atoms with Gasteiger partial charge in [0.1, 0.15) is 12.5 Å². The van der Waals surface area contributed by atoms with Crippen molar-refractivity contribution < 1.29 is 28.0 Å². The molecule has 0 radical (unpaired) electrons. The van der Waals surface area contributed by atoms with Crippen LogP contribution >= 0.6 is 7.37 Å². The fraction of sp³-hybridized carbons (Fsp3) is 1.00. The smallest absolute Gasteiger partial charge is 0.225 e. The molecule has 7 heteroatoms. The van der Waals surface area contributed by atoms with Crippen LogP contribution in [0.3, 0.4) is 0 Å². The molecule has 2 heterocycles. The molecule has 6 nitrogen and oxygen atoms in total. The molecule has 2 aliphatic heterocycles. The molecule has 0 bridgehead atoms. The molecule has 0 amide bonds. The van der Waals surface area contributed by atoms with Crippen LogP contribution < -0.4 is 0 Å². The van der Waals surface area contributed by atoms with Crippen LogP contribution in [0.25, 0.3) is 0 Å². The number of ether oxygens (including phenoxy) is 4. The Morgan fingerprint density at radius 2 is 2.11 bits per heavy atom. The van der Waals surface area contributed by atoms with Crippen molar-refractivity contribution in [2.75, 3.05) is 19.6 Å². The number of hydrogen-bond acceptors (Lipinski definition) is 6. The van der Waals surface area contributed by atoms with Gasteiger partial charge < -0.3 is 23.5 Å². The van der Waals surface area contributed by atoms with Gasteiger partial charge in [-0.05, 0) is 20.8 Å². The van der Waals surface area contributed by atoms with Crippen molar-refractivity contribution in [1.82, 2.24) is 0 Å². The monoisotopic (exact) mass is 280 g/mol. The zero-order valence-corrected chi connectivity index (χ0v) is 12.1. The normalized spacial score (nSPS) is 37.4. The molecule has 0 saturated carbocycles. The number of rotatable bonds is 5. The van der Waals surface area contributed by atoms with Gasteiger partial charge in [-0.2, -0.15) is 0 Å². The topological polar surface area (TPSA) is 63.2 Å². The first-order valence-electron chi connectivity index (χ1n) is 6.15. The molecule has 4 atom stereocenters. The third-order valence-corrected chi connectivity index (χ3v) is 4.17. The highest BCUT2D eigenvalue weighted by Crippen LogP contribution is 2.44. The van der Waals surface area contributed by atoms with Gasteiger partial charge in [-0.25, -0.2) is 0 Å². The molecule has 18 heavy (non-hydrogen) atoms. The highest BCUT2D eigenvalue weighted by molar-refractivity contribution is 7.57. The van der Waals surface area contributed by atoms with Crippen LogP contribution in [0.15, 0.2) is 0 Å². The van der Waals surface area contributed by atoms with Gasteiger partial charge in [0.2, 0.25) is 7.37 Å².